The van der Waals surface area contributed by atoms with E-state index in [1.54, 1.807) is 11.8 Å². The van der Waals surface area contributed by atoms with Gasteiger partial charge in [0.25, 0.3) is 0 Å². The maximum absolute atomic E-state index is 14.0. The summed E-state index contributed by atoms with van der Waals surface area (Å²) in [5.74, 6) is 0. The van der Waals surface area contributed by atoms with Crippen LogP contribution in [0, 0.1) is 0 Å². The van der Waals surface area contributed by atoms with Crippen molar-refractivity contribution in [1.82, 2.24) is 4.90 Å². The predicted molar refractivity (Wildman–Crippen MR) is 59.3 cm³/mol. The van der Waals surface area contributed by atoms with E-state index in [-0.39, 0.29) is 5.57 Å². The lowest BCUT2D eigenvalue weighted by molar-refractivity contribution is -0.0226. The van der Waals surface area contributed by atoms with Crippen LogP contribution in [0.3, 0.4) is 0 Å². The van der Waals surface area contributed by atoms with E-state index in [0.717, 1.165) is 25.7 Å². The van der Waals surface area contributed by atoms with Crippen LogP contribution in [0.5, 0.6) is 0 Å². The van der Waals surface area contributed by atoms with Gasteiger partial charge in [-0.15, -0.1) is 0 Å². The van der Waals surface area contributed by atoms with Crippen LogP contribution < -0.4 is 0 Å². The van der Waals surface area contributed by atoms with Gasteiger partial charge in [0.2, 0.25) is 0 Å². The van der Waals surface area contributed by atoms with Gasteiger partial charge in [-0.2, -0.15) is 0 Å². The highest BCUT2D eigenvalue weighted by molar-refractivity contribution is 5.10. The Hall–Kier alpha value is -0.440. The first-order valence-corrected chi connectivity index (χ1v) is 5.69. The van der Waals surface area contributed by atoms with Gasteiger partial charge in [-0.25, -0.2) is 8.78 Å². The number of halogens is 2. The monoisotopic (exact) mass is 217 g/mol. The lowest BCUT2D eigenvalue weighted by atomic mass is 9.98. The van der Waals surface area contributed by atoms with E-state index in [4.69, 9.17) is 0 Å². The van der Waals surface area contributed by atoms with Crippen LogP contribution in [0.15, 0.2) is 12.2 Å². The fraction of sp³-hybridized carbons (Fsp3) is 0.833. The predicted octanol–water partition coefficient (Wildman–Crippen LogP) is 3.46. The Bertz CT molecular complexity index is 218. The van der Waals surface area contributed by atoms with Crippen molar-refractivity contribution in [3.05, 3.63) is 12.2 Å². The maximum atomic E-state index is 14.0. The summed E-state index contributed by atoms with van der Waals surface area (Å²) in [4.78, 5) is 1.61. The standard InChI is InChI=1S/C12H21F2N/c1-10(2)12(3,14)11(13)15-8-6-4-5-7-9-15/h11H,1,4-9H2,2-3H3. The van der Waals surface area contributed by atoms with Crippen molar-refractivity contribution in [3.8, 4) is 0 Å². The van der Waals surface area contributed by atoms with E-state index in [1.807, 2.05) is 0 Å². The Balaban J connectivity index is 2.64. The van der Waals surface area contributed by atoms with Gasteiger partial charge in [-0.3, -0.25) is 4.90 Å². The van der Waals surface area contributed by atoms with Crippen molar-refractivity contribution < 1.29 is 8.78 Å². The normalized spacial score (nSPS) is 25.3. The number of hydrogen-bond acceptors (Lipinski definition) is 1. The molecular formula is C12H21F2N. The van der Waals surface area contributed by atoms with Crippen molar-refractivity contribution >= 4 is 0 Å². The number of hydrogen-bond donors (Lipinski definition) is 0. The van der Waals surface area contributed by atoms with Crippen molar-refractivity contribution in [1.29, 1.82) is 0 Å². The molecule has 3 heteroatoms. The molecule has 0 aromatic heterocycles. The molecule has 0 N–H and O–H groups in total. The van der Waals surface area contributed by atoms with Crippen LogP contribution in [-0.2, 0) is 0 Å². The van der Waals surface area contributed by atoms with E-state index in [0.29, 0.717) is 13.1 Å². The molecule has 0 bridgehead atoms. The molecule has 0 aliphatic carbocycles. The Morgan fingerprint density at radius 1 is 1.27 bits per heavy atom. The van der Waals surface area contributed by atoms with Gasteiger partial charge in [0.15, 0.2) is 12.0 Å². The lowest BCUT2D eigenvalue weighted by Crippen LogP contribution is -2.46. The zero-order valence-corrected chi connectivity index (χ0v) is 9.73. The molecule has 1 heterocycles. The fourth-order valence-corrected chi connectivity index (χ4v) is 1.87. The molecule has 1 rings (SSSR count). The van der Waals surface area contributed by atoms with Gasteiger partial charge < -0.3 is 0 Å². The average Bonchev–Trinajstić information content (AvgIpc) is 2.44. The molecule has 2 atom stereocenters. The lowest BCUT2D eigenvalue weighted by Gasteiger charge is -2.33. The smallest absolute Gasteiger partial charge is 0.191 e. The number of alkyl halides is 2. The maximum Gasteiger partial charge on any atom is 0.191 e. The van der Waals surface area contributed by atoms with E-state index in [1.165, 1.54) is 6.92 Å². The first-order chi connectivity index (χ1) is 6.96. The molecule has 1 saturated heterocycles. The van der Waals surface area contributed by atoms with Crippen LogP contribution in [0.1, 0.15) is 39.5 Å². The van der Waals surface area contributed by atoms with Gasteiger partial charge in [-0.1, -0.05) is 19.4 Å². The molecule has 0 aromatic carbocycles. The summed E-state index contributed by atoms with van der Waals surface area (Å²) in [5, 5.41) is 0. The third-order valence-electron chi connectivity index (χ3n) is 3.24. The zero-order valence-electron chi connectivity index (χ0n) is 9.73. The molecule has 0 radical (unpaired) electrons. The van der Waals surface area contributed by atoms with E-state index in [9.17, 15) is 8.78 Å². The van der Waals surface area contributed by atoms with Gasteiger partial charge >= 0.3 is 0 Å². The summed E-state index contributed by atoms with van der Waals surface area (Å²) in [7, 11) is 0. The minimum absolute atomic E-state index is 0.263. The highest BCUT2D eigenvalue weighted by Crippen LogP contribution is 2.30. The van der Waals surface area contributed by atoms with E-state index < -0.39 is 12.0 Å². The molecule has 1 nitrogen and oxygen atoms in total. The molecule has 1 aliphatic heterocycles. The van der Waals surface area contributed by atoms with Crippen LogP contribution in [0.4, 0.5) is 8.78 Å². The summed E-state index contributed by atoms with van der Waals surface area (Å²) >= 11 is 0. The molecule has 15 heavy (non-hydrogen) atoms. The molecule has 0 aromatic rings. The second-order valence-electron chi connectivity index (χ2n) is 4.64. The summed E-state index contributed by atoms with van der Waals surface area (Å²) < 4.78 is 28.0. The third kappa shape index (κ3) is 3.00. The summed E-state index contributed by atoms with van der Waals surface area (Å²) in [6.07, 6.45) is 2.63. The van der Waals surface area contributed by atoms with Crippen molar-refractivity contribution in [2.24, 2.45) is 0 Å². The summed E-state index contributed by atoms with van der Waals surface area (Å²) in [6.45, 7) is 7.67. The first kappa shape index (κ1) is 12.6. The summed E-state index contributed by atoms with van der Waals surface area (Å²) in [6, 6.07) is 0. The van der Waals surface area contributed by atoms with Crippen LogP contribution in [0.25, 0.3) is 0 Å². The van der Waals surface area contributed by atoms with Gasteiger partial charge in [-0.05, 0) is 32.3 Å². The van der Waals surface area contributed by atoms with Gasteiger partial charge in [0, 0.05) is 13.1 Å². The zero-order chi connectivity index (χ0) is 11.5. The minimum Gasteiger partial charge on any atom is -0.271 e. The SMILES string of the molecule is C=C(C)C(C)(F)C(F)N1CCCCCC1. The Morgan fingerprint density at radius 2 is 1.73 bits per heavy atom. The average molecular weight is 217 g/mol. The van der Waals surface area contributed by atoms with Crippen molar-refractivity contribution in [2.75, 3.05) is 13.1 Å². The highest BCUT2D eigenvalue weighted by atomic mass is 19.2. The summed E-state index contributed by atoms with van der Waals surface area (Å²) in [5.41, 5.74) is -1.66. The Labute approximate surface area is 91.1 Å². The Morgan fingerprint density at radius 3 is 2.13 bits per heavy atom. The fourth-order valence-electron chi connectivity index (χ4n) is 1.87. The van der Waals surface area contributed by atoms with Crippen LogP contribution >= 0.6 is 0 Å². The quantitative estimate of drug-likeness (QED) is 0.517. The Kier molecular flexibility index (Phi) is 4.26. The van der Waals surface area contributed by atoms with Crippen LogP contribution in [-0.4, -0.2) is 30.0 Å². The topological polar surface area (TPSA) is 3.24 Å². The molecule has 88 valence electrons. The van der Waals surface area contributed by atoms with Crippen molar-refractivity contribution in [3.63, 3.8) is 0 Å². The molecular weight excluding hydrogens is 196 g/mol. The van der Waals surface area contributed by atoms with Gasteiger partial charge in [0.1, 0.15) is 0 Å². The highest BCUT2D eigenvalue weighted by Gasteiger charge is 2.39. The second kappa shape index (κ2) is 5.06. The van der Waals surface area contributed by atoms with E-state index >= 15 is 0 Å². The molecule has 0 saturated carbocycles. The van der Waals surface area contributed by atoms with E-state index in [2.05, 4.69) is 6.58 Å². The van der Waals surface area contributed by atoms with Crippen molar-refractivity contribution in [2.45, 2.75) is 51.5 Å². The molecule has 2 unspecified atom stereocenters. The number of rotatable bonds is 3. The second-order valence-corrected chi connectivity index (χ2v) is 4.64. The first-order valence-electron chi connectivity index (χ1n) is 5.69. The van der Waals surface area contributed by atoms with Gasteiger partial charge in [0.05, 0.1) is 0 Å². The third-order valence-corrected chi connectivity index (χ3v) is 3.24. The molecule has 1 aliphatic rings. The molecule has 0 amide bonds. The molecule has 0 spiro atoms. The minimum atomic E-state index is -1.93. The number of nitrogens with zero attached hydrogens (tertiary/aromatic N) is 1. The van der Waals surface area contributed by atoms with Crippen LogP contribution in [0.2, 0.25) is 0 Å². The number of likely N-dealkylation sites (tertiary alicyclic amines) is 1. The largest absolute Gasteiger partial charge is 0.271 e. The molecule has 1 fully saturated rings.